The summed E-state index contributed by atoms with van der Waals surface area (Å²) in [5, 5.41) is 0. The van der Waals surface area contributed by atoms with Gasteiger partial charge < -0.3 is 14.7 Å². The van der Waals surface area contributed by atoms with Gasteiger partial charge in [-0.05, 0) is 40.9 Å². The van der Waals surface area contributed by atoms with Gasteiger partial charge in [-0.15, -0.1) is 0 Å². The number of nitrogens with zero attached hydrogens (tertiary/aromatic N) is 4. The SMILES string of the molecule is CN(C)C(=O)N(C)C1CCN(c2ccc(Br)cn2)CC1. The first kappa shape index (κ1) is 15.1. The highest BCUT2D eigenvalue weighted by atomic mass is 79.9. The zero-order valence-corrected chi connectivity index (χ0v) is 13.8. The molecule has 1 aliphatic rings. The molecule has 6 heteroatoms. The van der Waals surface area contributed by atoms with E-state index in [1.807, 2.05) is 30.3 Å². The fraction of sp³-hybridized carbons (Fsp3) is 0.571. The molecule has 0 spiro atoms. The fourth-order valence-electron chi connectivity index (χ4n) is 2.51. The Bertz CT molecular complexity index is 455. The van der Waals surface area contributed by atoms with Crippen LogP contribution < -0.4 is 4.90 Å². The summed E-state index contributed by atoms with van der Waals surface area (Å²) in [5.41, 5.74) is 0. The molecular formula is C14H21BrN4O. The van der Waals surface area contributed by atoms with Gasteiger partial charge in [0.2, 0.25) is 0 Å². The molecule has 0 aliphatic carbocycles. The van der Waals surface area contributed by atoms with Gasteiger partial charge in [-0.1, -0.05) is 0 Å². The quantitative estimate of drug-likeness (QED) is 0.829. The third kappa shape index (κ3) is 3.42. The number of carbonyl (C=O) groups excluding carboxylic acids is 1. The van der Waals surface area contributed by atoms with Crippen molar-refractivity contribution < 1.29 is 4.79 Å². The molecule has 5 nitrogen and oxygen atoms in total. The topological polar surface area (TPSA) is 39.7 Å². The number of hydrogen-bond acceptors (Lipinski definition) is 3. The second kappa shape index (κ2) is 6.43. The van der Waals surface area contributed by atoms with E-state index in [2.05, 4.69) is 25.8 Å². The lowest BCUT2D eigenvalue weighted by atomic mass is 10.0. The molecule has 0 bridgehead atoms. The zero-order chi connectivity index (χ0) is 14.7. The maximum atomic E-state index is 12.0. The second-order valence-corrected chi connectivity index (χ2v) is 6.26. The fourth-order valence-corrected chi connectivity index (χ4v) is 2.74. The number of aromatic nitrogens is 1. The van der Waals surface area contributed by atoms with Crippen LogP contribution in [0.1, 0.15) is 12.8 Å². The van der Waals surface area contributed by atoms with Crippen LogP contribution in [0, 0.1) is 0 Å². The molecule has 20 heavy (non-hydrogen) atoms. The number of anilines is 1. The lowest BCUT2D eigenvalue weighted by Crippen LogP contribution is -2.48. The van der Waals surface area contributed by atoms with Gasteiger partial charge in [-0.3, -0.25) is 0 Å². The van der Waals surface area contributed by atoms with Crippen LogP contribution in [0.2, 0.25) is 0 Å². The van der Waals surface area contributed by atoms with E-state index in [0.29, 0.717) is 6.04 Å². The summed E-state index contributed by atoms with van der Waals surface area (Å²) in [6, 6.07) is 4.43. The van der Waals surface area contributed by atoms with Crippen LogP contribution in [0.3, 0.4) is 0 Å². The van der Waals surface area contributed by atoms with Crippen molar-refractivity contribution in [2.24, 2.45) is 0 Å². The maximum absolute atomic E-state index is 12.0. The standard InChI is InChI=1S/C14H21BrN4O/c1-17(2)14(20)18(3)12-6-8-19(9-7-12)13-5-4-11(15)10-16-13/h4-5,10,12H,6-9H2,1-3H3. The van der Waals surface area contributed by atoms with Crippen LogP contribution in [-0.4, -0.2) is 61.1 Å². The summed E-state index contributed by atoms with van der Waals surface area (Å²) in [4.78, 5) is 22.1. The van der Waals surface area contributed by atoms with Crippen LogP contribution in [0.5, 0.6) is 0 Å². The van der Waals surface area contributed by atoms with Crippen LogP contribution in [0.25, 0.3) is 0 Å². The first-order valence-corrected chi connectivity index (χ1v) is 7.59. The molecule has 1 fully saturated rings. The molecular weight excluding hydrogens is 320 g/mol. The summed E-state index contributed by atoms with van der Waals surface area (Å²) < 4.78 is 0.993. The van der Waals surface area contributed by atoms with E-state index in [1.54, 1.807) is 19.0 Å². The molecule has 0 atom stereocenters. The minimum Gasteiger partial charge on any atom is -0.356 e. The summed E-state index contributed by atoms with van der Waals surface area (Å²) in [6.07, 6.45) is 3.78. The van der Waals surface area contributed by atoms with Crippen molar-refractivity contribution >= 4 is 27.8 Å². The summed E-state index contributed by atoms with van der Waals surface area (Å²) in [5.74, 6) is 1.01. The minimum atomic E-state index is 0.0743. The lowest BCUT2D eigenvalue weighted by molar-refractivity contribution is 0.155. The minimum absolute atomic E-state index is 0.0743. The number of piperidine rings is 1. The van der Waals surface area contributed by atoms with E-state index in [0.717, 1.165) is 36.2 Å². The Hall–Kier alpha value is -1.30. The van der Waals surface area contributed by atoms with E-state index in [4.69, 9.17) is 0 Å². The number of amides is 2. The van der Waals surface area contributed by atoms with Crippen molar-refractivity contribution in [3.63, 3.8) is 0 Å². The van der Waals surface area contributed by atoms with Gasteiger partial charge in [0.1, 0.15) is 5.82 Å². The molecule has 2 heterocycles. The van der Waals surface area contributed by atoms with Gasteiger partial charge in [-0.25, -0.2) is 9.78 Å². The number of pyridine rings is 1. The van der Waals surface area contributed by atoms with E-state index >= 15 is 0 Å². The predicted octanol–water partition coefficient (Wildman–Crippen LogP) is 2.43. The average molecular weight is 341 g/mol. The first-order chi connectivity index (χ1) is 9.49. The summed E-state index contributed by atoms with van der Waals surface area (Å²) in [6.45, 7) is 1.87. The number of rotatable bonds is 2. The largest absolute Gasteiger partial charge is 0.356 e. The van der Waals surface area contributed by atoms with Gasteiger partial charge in [-0.2, -0.15) is 0 Å². The monoisotopic (exact) mass is 340 g/mol. The van der Waals surface area contributed by atoms with Gasteiger partial charge >= 0.3 is 6.03 Å². The van der Waals surface area contributed by atoms with Crippen LogP contribution in [-0.2, 0) is 0 Å². The molecule has 1 aliphatic heterocycles. The molecule has 0 aromatic carbocycles. The van der Waals surface area contributed by atoms with Crippen LogP contribution >= 0.6 is 15.9 Å². The first-order valence-electron chi connectivity index (χ1n) is 6.79. The average Bonchev–Trinajstić information content (AvgIpc) is 2.46. The normalized spacial score (nSPS) is 16.1. The summed E-state index contributed by atoms with van der Waals surface area (Å²) >= 11 is 3.40. The number of urea groups is 1. The highest BCUT2D eigenvalue weighted by Crippen LogP contribution is 2.22. The van der Waals surface area contributed by atoms with Gasteiger partial charge in [0, 0.05) is 50.9 Å². The number of halogens is 1. The molecule has 2 rings (SSSR count). The second-order valence-electron chi connectivity index (χ2n) is 5.34. The molecule has 0 unspecified atom stereocenters. The van der Waals surface area contributed by atoms with Crippen molar-refractivity contribution in [1.29, 1.82) is 0 Å². The van der Waals surface area contributed by atoms with E-state index in [1.165, 1.54) is 0 Å². The van der Waals surface area contributed by atoms with E-state index in [9.17, 15) is 4.79 Å². The Balaban J connectivity index is 1.92. The van der Waals surface area contributed by atoms with Crippen molar-refractivity contribution in [3.8, 4) is 0 Å². The molecule has 1 aromatic rings. The van der Waals surface area contributed by atoms with Gasteiger partial charge in [0.15, 0.2) is 0 Å². The number of carbonyl (C=O) groups is 1. The third-order valence-corrected chi connectivity index (χ3v) is 4.20. The molecule has 1 aromatic heterocycles. The van der Waals surface area contributed by atoms with Crippen molar-refractivity contribution in [2.45, 2.75) is 18.9 Å². The Morgan fingerprint density at radius 1 is 1.30 bits per heavy atom. The maximum Gasteiger partial charge on any atom is 0.319 e. The molecule has 110 valence electrons. The van der Waals surface area contributed by atoms with Crippen LogP contribution in [0.4, 0.5) is 10.6 Å². The lowest BCUT2D eigenvalue weighted by Gasteiger charge is -2.38. The molecule has 0 N–H and O–H groups in total. The Labute approximate surface area is 128 Å². The van der Waals surface area contributed by atoms with Crippen molar-refractivity contribution in [3.05, 3.63) is 22.8 Å². The van der Waals surface area contributed by atoms with E-state index < -0.39 is 0 Å². The smallest absolute Gasteiger partial charge is 0.319 e. The van der Waals surface area contributed by atoms with Crippen molar-refractivity contribution in [2.75, 3.05) is 39.1 Å². The Morgan fingerprint density at radius 3 is 2.45 bits per heavy atom. The number of hydrogen-bond donors (Lipinski definition) is 0. The predicted molar refractivity (Wildman–Crippen MR) is 84.0 cm³/mol. The Kier molecular flexibility index (Phi) is 4.86. The van der Waals surface area contributed by atoms with Gasteiger partial charge in [0.25, 0.3) is 0 Å². The zero-order valence-electron chi connectivity index (χ0n) is 12.2. The highest BCUT2D eigenvalue weighted by molar-refractivity contribution is 9.10. The molecule has 0 saturated carbocycles. The van der Waals surface area contributed by atoms with E-state index in [-0.39, 0.29) is 6.03 Å². The van der Waals surface area contributed by atoms with Crippen molar-refractivity contribution in [1.82, 2.24) is 14.8 Å². The molecule has 2 amide bonds. The Morgan fingerprint density at radius 2 is 1.95 bits per heavy atom. The summed E-state index contributed by atoms with van der Waals surface area (Å²) in [7, 11) is 5.47. The third-order valence-electron chi connectivity index (χ3n) is 3.73. The van der Waals surface area contributed by atoms with Gasteiger partial charge in [0.05, 0.1) is 0 Å². The molecule has 1 saturated heterocycles. The van der Waals surface area contributed by atoms with Crippen LogP contribution in [0.15, 0.2) is 22.8 Å². The molecule has 0 radical (unpaired) electrons. The highest BCUT2D eigenvalue weighted by Gasteiger charge is 2.26.